The summed E-state index contributed by atoms with van der Waals surface area (Å²) in [6.07, 6.45) is 1.30. The van der Waals surface area contributed by atoms with E-state index < -0.39 is 11.2 Å². The monoisotopic (exact) mass is 313 g/mol. The number of ether oxygens (including phenoxy) is 1. The number of nitrogens with zero attached hydrogens (tertiary/aromatic N) is 3. The normalized spacial score (nSPS) is 10.3. The summed E-state index contributed by atoms with van der Waals surface area (Å²) in [5.74, 6) is 0.757. The Morgan fingerprint density at radius 3 is 2.43 bits per heavy atom. The summed E-state index contributed by atoms with van der Waals surface area (Å²) in [6.45, 7) is 6.33. The van der Waals surface area contributed by atoms with Gasteiger partial charge in [-0.2, -0.15) is 5.26 Å². The molecular formula is C17H19N3O3. The van der Waals surface area contributed by atoms with Gasteiger partial charge >= 0.3 is 5.69 Å². The Bertz CT molecular complexity index is 852. The zero-order valence-electron chi connectivity index (χ0n) is 13.5. The van der Waals surface area contributed by atoms with E-state index in [1.54, 1.807) is 6.92 Å². The Morgan fingerprint density at radius 2 is 1.87 bits per heavy atom. The third-order valence-electron chi connectivity index (χ3n) is 3.67. The summed E-state index contributed by atoms with van der Waals surface area (Å²) in [5, 5.41) is 9.02. The molecule has 6 heteroatoms. The molecular weight excluding hydrogens is 294 g/mol. The molecule has 120 valence electrons. The van der Waals surface area contributed by atoms with Gasteiger partial charge in [-0.3, -0.25) is 13.9 Å². The predicted octanol–water partition coefficient (Wildman–Crippen LogP) is 1.60. The van der Waals surface area contributed by atoms with Gasteiger partial charge in [0.05, 0.1) is 6.54 Å². The Morgan fingerprint density at radius 1 is 1.22 bits per heavy atom. The zero-order chi connectivity index (χ0) is 17.0. The molecule has 2 rings (SSSR count). The quantitative estimate of drug-likeness (QED) is 0.840. The van der Waals surface area contributed by atoms with E-state index in [1.807, 2.05) is 38.1 Å². The summed E-state index contributed by atoms with van der Waals surface area (Å²) in [5.41, 5.74) is 0.940. The lowest BCUT2D eigenvalue weighted by molar-refractivity contribution is 0.288. The third-order valence-corrected chi connectivity index (χ3v) is 3.67. The molecule has 0 saturated carbocycles. The largest absolute Gasteiger partial charge is 0.491 e. The van der Waals surface area contributed by atoms with Gasteiger partial charge in [0, 0.05) is 12.7 Å². The van der Waals surface area contributed by atoms with E-state index in [4.69, 9.17) is 10.00 Å². The highest BCUT2D eigenvalue weighted by Crippen LogP contribution is 2.22. The number of nitriles is 1. The van der Waals surface area contributed by atoms with Crippen LogP contribution in [0.15, 0.2) is 34.0 Å². The summed E-state index contributed by atoms with van der Waals surface area (Å²) in [6, 6.07) is 7.65. The number of hydrogen-bond donors (Lipinski definition) is 0. The lowest BCUT2D eigenvalue weighted by atomic mass is 10.1. The molecule has 6 nitrogen and oxygen atoms in total. The van der Waals surface area contributed by atoms with Crippen LogP contribution in [0.4, 0.5) is 0 Å². The molecule has 0 aliphatic heterocycles. The maximum Gasteiger partial charge on any atom is 0.331 e. The number of aryl methyl sites for hydroxylation is 3. The lowest BCUT2D eigenvalue weighted by Gasteiger charge is -2.13. The predicted molar refractivity (Wildman–Crippen MR) is 86.8 cm³/mol. The Kier molecular flexibility index (Phi) is 5.02. The minimum Gasteiger partial charge on any atom is -0.491 e. The maximum absolute atomic E-state index is 12.2. The third kappa shape index (κ3) is 3.34. The minimum atomic E-state index is -0.577. The van der Waals surface area contributed by atoms with Crippen LogP contribution in [0.1, 0.15) is 23.6 Å². The van der Waals surface area contributed by atoms with Gasteiger partial charge in [-0.15, -0.1) is 0 Å². The van der Waals surface area contributed by atoms with Crippen LogP contribution in [0, 0.1) is 25.2 Å². The number of hydrogen-bond acceptors (Lipinski definition) is 4. The number of para-hydroxylation sites is 1. The van der Waals surface area contributed by atoms with Crippen LogP contribution >= 0.6 is 0 Å². The van der Waals surface area contributed by atoms with Crippen molar-refractivity contribution in [3.8, 4) is 11.8 Å². The molecule has 0 aliphatic carbocycles. The van der Waals surface area contributed by atoms with Gasteiger partial charge in [-0.25, -0.2) is 4.79 Å². The second-order valence-electron chi connectivity index (χ2n) is 5.25. The van der Waals surface area contributed by atoms with Gasteiger partial charge in [-0.05, 0) is 31.9 Å². The Hall–Kier alpha value is -2.81. The van der Waals surface area contributed by atoms with E-state index in [1.165, 1.54) is 10.8 Å². The first-order valence-electron chi connectivity index (χ1n) is 7.43. The molecule has 0 unspecified atom stereocenters. The highest BCUT2D eigenvalue weighted by molar-refractivity contribution is 5.39. The van der Waals surface area contributed by atoms with Crippen molar-refractivity contribution >= 4 is 0 Å². The molecule has 0 aliphatic rings. The standard InChI is InChI=1S/C17H19N3O3/c1-4-19-11-14(10-18)16(21)20(17(19)22)8-9-23-15-12(2)6-5-7-13(15)3/h5-7,11H,4,8-9H2,1-3H3. The first-order valence-corrected chi connectivity index (χ1v) is 7.43. The molecule has 2 aromatic rings. The van der Waals surface area contributed by atoms with Crippen LogP contribution in [-0.2, 0) is 13.1 Å². The second kappa shape index (κ2) is 6.97. The van der Waals surface area contributed by atoms with Gasteiger partial charge in [0.25, 0.3) is 5.56 Å². The van der Waals surface area contributed by atoms with Crippen LogP contribution in [0.25, 0.3) is 0 Å². The number of benzene rings is 1. The molecule has 0 atom stereocenters. The summed E-state index contributed by atoms with van der Waals surface area (Å²) in [7, 11) is 0. The average Bonchev–Trinajstić information content (AvgIpc) is 2.53. The molecule has 0 N–H and O–H groups in total. The molecule has 0 bridgehead atoms. The van der Waals surface area contributed by atoms with Crippen LogP contribution in [0.5, 0.6) is 5.75 Å². The van der Waals surface area contributed by atoms with Crippen LogP contribution < -0.4 is 16.0 Å². The fraction of sp³-hybridized carbons (Fsp3) is 0.353. The topological polar surface area (TPSA) is 77.0 Å². The van der Waals surface area contributed by atoms with Crippen molar-refractivity contribution in [3.63, 3.8) is 0 Å². The molecule has 0 amide bonds. The van der Waals surface area contributed by atoms with Crippen molar-refractivity contribution in [2.75, 3.05) is 6.61 Å². The first kappa shape index (κ1) is 16.6. The molecule has 23 heavy (non-hydrogen) atoms. The van der Waals surface area contributed by atoms with Crippen LogP contribution in [-0.4, -0.2) is 15.7 Å². The molecule has 0 radical (unpaired) electrons. The van der Waals surface area contributed by atoms with Crippen molar-refractivity contribution in [1.29, 1.82) is 5.26 Å². The Labute approximate surface area is 134 Å². The van der Waals surface area contributed by atoms with Gasteiger partial charge < -0.3 is 4.74 Å². The highest BCUT2D eigenvalue weighted by atomic mass is 16.5. The molecule has 1 aromatic heterocycles. The highest BCUT2D eigenvalue weighted by Gasteiger charge is 2.11. The van der Waals surface area contributed by atoms with E-state index in [0.29, 0.717) is 6.54 Å². The maximum atomic E-state index is 12.2. The van der Waals surface area contributed by atoms with Crippen molar-refractivity contribution < 1.29 is 4.74 Å². The van der Waals surface area contributed by atoms with Crippen molar-refractivity contribution in [2.24, 2.45) is 0 Å². The van der Waals surface area contributed by atoms with Gasteiger partial charge in [0.1, 0.15) is 24.0 Å². The fourth-order valence-electron chi connectivity index (χ4n) is 2.42. The average molecular weight is 313 g/mol. The summed E-state index contributed by atoms with van der Waals surface area (Å²) >= 11 is 0. The molecule has 1 heterocycles. The van der Waals surface area contributed by atoms with E-state index in [9.17, 15) is 9.59 Å². The van der Waals surface area contributed by atoms with Gasteiger partial charge in [0.15, 0.2) is 0 Å². The smallest absolute Gasteiger partial charge is 0.331 e. The second-order valence-corrected chi connectivity index (χ2v) is 5.25. The van der Waals surface area contributed by atoms with Gasteiger partial charge in [-0.1, -0.05) is 18.2 Å². The van der Waals surface area contributed by atoms with Crippen LogP contribution in [0.3, 0.4) is 0 Å². The summed E-state index contributed by atoms with van der Waals surface area (Å²) < 4.78 is 8.14. The van der Waals surface area contributed by atoms with E-state index in [2.05, 4.69) is 0 Å². The lowest BCUT2D eigenvalue weighted by Crippen LogP contribution is -2.41. The molecule has 0 spiro atoms. The number of aromatic nitrogens is 2. The van der Waals surface area contributed by atoms with E-state index in [0.717, 1.165) is 21.4 Å². The summed E-state index contributed by atoms with van der Waals surface area (Å²) in [4.78, 5) is 24.4. The van der Waals surface area contributed by atoms with Crippen LogP contribution in [0.2, 0.25) is 0 Å². The number of rotatable bonds is 5. The molecule has 0 fully saturated rings. The minimum absolute atomic E-state index is 0.0430. The van der Waals surface area contributed by atoms with E-state index in [-0.39, 0.29) is 18.7 Å². The molecule has 1 aromatic carbocycles. The SMILES string of the molecule is CCn1cc(C#N)c(=O)n(CCOc2c(C)cccc2C)c1=O. The zero-order valence-corrected chi connectivity index (χ0v) is 13.5. The first-order chi connectivity index (χ1) is 11.0. The van der Waals surface area contributed by atoms with Crippen molar-refractivity contribution in [1.82, 2.24) is 9.13 Å². The van der Waals surface area contributed by atoms with Crippen molar-refractivity contribution in [2.45, 2.75) is 33.9 Å². The fourth-order valence-corrected chi connectivity index (χ4v) is 2.42. The molecule has 0 saturated heterocycles. The Balaban J connectivity index is 2.26. The van der Waals surface area contributed by atoms with Crippen molar-refractivity contribution in [3.05, 3.63) is 61.9 Å². The van der Waals surface area contributed by atoms with Gasteiger partial charge in [0.2, 0.25) is 0 Å². The van der Waals surface area contributed by atoms with E-state index >= 15 is 0 Å².